The SMILES string of the molecule is Cc1ccc(Cl)cc1N1C(=O)CC(c2cccc(Br)c2)C2=C1CC(C)(C)CC2=O. The van der Waals surface area contributed by atoms with Gasteiger partial charge in [-0.3, -0.25) is 14.5 Å². The van der Waals surface area contributed by atoms with Crippen molar-refractivity contribution in [3.05, 3.63) is 74.4 Å². The van der Waals surface area contributed by atoms with Gasteiger partial charge in [0, 0.05) is 39.5 Å². The maximum absolute atomic E-state index is 13.4. The molecule has 2 aromatic carbocycles. The molecule has 1 unspecified atom stereocenters. The number of rotatable bonds is 2. The Bertz CT molecular complexity index is 1060. The zero-order valence-electron chi connectivity index (χ0n) is 16.8. The highest BCUT2D eigenvalue weighted by Crippen LogP contribution is 2.48. The number of nitrogens with zero attached hydrogens (tertiary/aromatic N) is 1. The molecule has 1 atom stereocenters. The van der Waals surface area contributed by atoms with Crippen LogP contribution in [0.3, 0.4) is 0 Å². The maximum Gasteiger partial charge on any atom is 0.232 e. The molecule has 0 saturated carbocycles. The summed E-state index contributed by atoms with van der Waals surface area (Å²) in [5, 5.41) is 0.580. The monoisotopic (exact) mass is 471 g/mol. The molecule has 0 fully saturated rings. The molecule has 3 nitrogen and oxygen atoms in total. The topological polar surface area (TPSA) is 37.4 Å². The van der Waals surface area contributed by atoms with E-state index in [1.807, 2.05) is 49.4 Å². The van der Waals surface area contributed by atoms with Gasteiger partial charge in [0.2, 0.25) is 5.91 Å². The second-order valence-corrected chi connectivity index (χ2v) is 10.1. The van der Waals surface area contributed by atoms with E-state index in [2.05, 4.69) is 29.8 Å². The van der Waals surface area contributed by atoms with E-state index in [0.29, 0.717) is 17.9 Å². The number of Topliss-reactive ketones (excluding diaryl/α,β-unsaturated/α-hetero) is 1. The number of carbonyl (C=O) groups excluding carboxylic acids is 2. The molecular weight excluding hydrogens is 450 g/mol. The third kappa shape index (κ3) is 3.80. The highest BCUT2D eigenvalue weighted by molar-refractivity contribution is 9.10. The fraction of sp³-hybridized carbons (Fsp3) is 0.333. The van der Waals surface area contributed by atoms with E-state index in [1.165, 1.54) is 0 Å². The smallest absolute Gasteiger partial charge is 0.232 e. The van der Waals surface area contributed by atoms with Crippen LogP contribution in [0.4, 0.5) is 5.69 Å². The van der Waals surface area contributed by atoms with Gasteiger partial charge in [0.1, 0.15) is 0 Å². The van der Waals surface area contributed by atoms with Crippen LogP contribution in [0.25, 0.3) is 0 Å². The lowest BCUT2D eigenvalue weighted by Crippen LogP contribution is -2.44. The van der Waals surface area contributed by atoms with Crippen molar-refractivity contribution in [2.24, 2.45) is 5.41 Å². The molecule has 2 aliphatic rings. The predicted molar refractivity (Wildman–Crippen MR) is 120 cm³/mol. The van der Waals surface area contributed by atoms with Gasteiger partial charge < -0.3 is 0 Å². The van der Waals surface area contributed by atoms with Crippen molar-refractivity contribution >= 4 is 44.9 Å². The lowest BCUT2D eigenvalue weighted by Gasteiger charge is -2.43. The summed E-state index contributed by atoms with van der Waals surface area (Å²) < 4.78 is 0.946. The van der Waals surface area contributed by atoms with Crippen LogP contribution in [0.15, 0.2) is 58.2 Å². The Kier molecular flexibility index (Phi) is 5.20. The summed E-state index contributed by atoms with van der Waals surface area (Å²) in [6.45, 7) is 6.14. The van der Waals surface area contributed by atoms with Crippen molar-refractivity contribution < 1.29 is 9.59 Å². The van der Waals surface area contributed by atoms with Crippen LogP contribution in [0.2, 0.25) is 5.02 Å². The molecule has 0 N–H and O–H groups in total. The summed E-state index contributed by atoms with van der Waals surface area (Å²) in [4.78, 5) is 28.5. The van der Waals surface area contributed by atoms with Gasteiger partial charge in [0.05, 0.1) is 5.69 Å². The number of carbonyl (C=O) groups is 2. The number of allylic oxidation sites excluding steroid dienone is 2. The summed E-state index contributed by atoms with van der Waals surface area (Å²) in [5.74, 6) is -0.0719. The van der Waals surface area contributed by atoms with Crippen LogP contribution in [-0.4, -0.2) is 11.7 Å². The minimum atomic E-state index is -0.214. The fourth-order valence-corrected chi connectivity index (χ4v) is 5.11. The van der Waals surface area contributed by atoms with Gasteiger partial charge in [-0.15, -0.1) is 0 Å². The first-order valence-electron chi connectivity index (χ1n) is 9.77. The van der Waals surface area contributed by atoms with Gasteiger partial charge in [0.25, 0.3) is 0 Å². The van der Waals surface area contributed by atoms with Gasteiger partial charge in [-0.1, -0.05) is 59.6 Å². The molecule has 1 aliphatic heterocycles. The van der Waals surface area contributed by atoms with Crippen LogP contribution >= 0.6 is 27.5 Å². The quantitative estimate of drug-likeness (QED) is 0.495. The Hall–Kier alpha value is -1.91. The highest BCUT2D eigenvalue weighted by atomic mass is 79.9. The minimum Gasteiger partial charge on any atom is -0.294 e. The molecule has 0 aromatic heterocycles. The van der Waals surface area contributed by atoms with Gasteiger partial charge in [-0.05, 0) is 54.2 Å². The lowest BCUT2D eigenvalue weighted by molar-refractivity contribution is -0.121. The number of benzene rings is 2. The van der Waals surface area contributed by atoms with Gasteiger partial charge >= 0.3 is 0 Å². The molecule has 0 spiro atoms. The summed E-state index contributed by atoms with van der Waals surface area (Å²) >= 11 is 9.78. The highest BCUT2D eigenvalue weighted by Gasteiger charge is 2.44. The number of aryl methyl sites for hydroxylation is 1. The maximum atomic E-state index is 13.4. The standard InChI is InChI=1S/C24H23BrClNO2/c1-14-7-8-17(26)10-19(14)27-20-12-24(2,3)13-21(28)23(20)18(11-22(27)29)15-5-4-6-16(25)9-15/h4-10,18H,11-13H2,1-3H3. The Morgan fingerprint density at radius 1 is 1.10 bits per heavy atom. The second kappa shape index (κ2) is 7.41. The zero-order chi connectivity index (χ0) is 20.9. The average Bonchev–Trinajstić information content (AvgIpc) is 2.62. The van der Waals surface area contributed by atoms with E-state index >= 15 is 0 Å². The van der Waals surface area contributed by atoms with Crippen LogP contribution in [0.1, 0.15) is 50.2 Å². The zero-order valence-corrected chi connectivity index (χ0v) is 19.1. The first-order valence-corrected chi connectivity index (χ1v) is 10.9. The van der Waals surface area contributed by atoms with Crippen LogP contribution in [0.5, 0.6) is 0 Å². The summed E-state index contributed by atoms with van der Waals surface area (Å²) in [5.41, 5.74) is 4.15. The Morgan fingerprint density at radius 2 is 1.86 bits per heavy atom. The van der Waals surface area contributed by atoms with Crippen LogP contribution in [-0.2, 0) is 9.59 Å². The number of ketones is 1. The first kappa shape index (κ1) is 20.4. The lowest BCUT2D eigenvalue weighted by atomic mass is 9.69. The van der Waals surface area contributed by atoms with Crippen molar-refractivity contribution in [1.29, 1.82) is 0 Å². The van der Waals surface area contributed by atoms with Gasteiger partial charge in [-0.25, -0.2) is 0 Å². The van der Waals surface area contributed by atoms with Crippen molar-refractivity contribution in [2.75, 3.05) is 4.90 Å². The normalized spacial score (nSPS) is 21.4. The fourth-order valence-electron chi connectivity index (χ4n) is 4.53. The molecule has 29 heavy (non-hydrogen) atoms. The summed E-state index contributed by atoms with van der Waals surface area (Å²) in [7, 11) is 0. The molecule has 0 bridgehead atoms. The third-order valence-corrected chi connectivity index (χ3v) is 6.53. The molecule has 0 saturated heterocycles. The van der Waals surface area contributed by atoms with E-state index in [1.54, 1.807) is 4.90 Å². The van der Waals surface area contributed by atoms with Crippen molar-refractivity contribution in [3.8, 4) is 0 Å². The Labute approximate surface area is 184 Å². The molecule has 5 heteroatoms. The van der Waals surface area contributed by atoms with E-state index in [-0.39, 0.29) is 29.4 Å². The largest absolute Gasteiger partial charge is 0.294 e. The Balaban J connectivity index is 1.94. The Morgan fingerprint density at radius 3 is 2.59 bits per heavy atom. The average molecular weight is 473 g/mol. The molecular formula is C24H23BrClNO2. The second-order valence-electron chi connectivity index (χ2n) is 8.77. The van der Waals surface area contributed by atoms with Crippen molar-refractivity contribution in [1.82, 2.24) is 0 Å². The molecule has 0 radical (unpaired) electrons. The molecule has 2 aromatic rings. The van der Waals surface area contributed by atoms with Crippen molar-refractivity contribution in [2.45, 2.75) is 46.0 Å². The van der Waals surface area contributed by atoms with Gasteiger partial charge in [0.15, 0.2) is 5.78 Å². The number of anilines is 1. The predicted octanol–water partition coefficient (Wildman–Crippen LogP) is 6.57. The van der Waals surface area contributed by atoms with E-state index < -0.39 is 0 Å². The van der Waals surface area contributed by atoms with Crippen molar-refractivity contribution in [3.63, 3.8) is 0 Å². The first-order chi connectivity index (χ1) is 13.7. The molecule has 1 aliphatic carbocycles. The van der Waals surface area contributed by atoms with Gasteiger partial charge in [-0.2, -0.15) is 0 Å². The van der Waals surface area contributed by atoms with Crippen LogP contribution < -0.4 is 4.90 Å². The van der Waals surface area contributed by atoms with E-state index in [0.717, 1.165) is 32.6 Å². The molecule has 1 heterocycles. The molecule has 1 amide bonds. The molecule has 4 rings (SSSR count). The van der Waals surface area contributed by atoms with Crippen LogP contribution in [0, 0.1) is 12.3 Å². The third-order valence-electron chi connectivity index (χ3n) is 5.81. The number of halogens is 2. The van der Waals surface area contributed by atoms with E-state index in [4.69, 9.17) is 11.6 Å². The number of hydrogen-bond donors (Lipinski definition) is 0. The number of hydrogen-bond acceptors (Lipinski definition) is 2. The summed E-state index contributed by atoms with van der Waals surface area (Å²) in [6.07, 6.45) is 1.44. The number of amides is 1. The summed E-state index contributed by atoms with van der Waals surface area (Å²) in [6, 6.07) is 13.5. The van der Waals surface area contributed by atoms with E-state index in [9.17, 15) is 9.59 Å². The minimum absolute atomic E-state index is 0.00425. The molecule has 150 valence electrons.